The summed E-state index contributed by atoms with van der Waals surface area (Å²) in [5.74, 6) is 0.408. The minimum absolute atomic E-state index is 0.194. The Morgan fingerprint density at radius 1 is 1.50 bits per heavy atom. The molecule has 0 amide bonds. The van der Waals surface area contributed by atoms with E-state index in [9.17, 15) is 10.2 Å². The summed E-state index contributed by atoms with van der Waals surface area (Å²) in [6.45, 7) is 0.194. The highest BCUT2D eigenvalue weighted by atomic mass is 16.6. The van der Waals surface area contributed by atoms with Crippen molar-refractivity contribution in [1.82, 2.24) is 10.2 Å². The molecule has 9 nitrogen and oxygen atoms in total. The van der Waals surface area contributed by atoms with E-state index >= 15 is 0 Å². The first-order valence-electron chi connectivity index (χ1n) is 6.23. The van der Waals surface area contributed by atoms with Gasteiger partial charge >= 0.3 is 0 Å². The quantitative estimate of drug-likeness (QED) is 0.451. The second-order valence-electron chi connectivity index (χ2n) is 4.79. The number of rotatable bonds is 3. The summed E-state index contributed by atoms with van der Waals surface area (Å²) in [5, 5.41) is 22.8. The van der Waals surface area contributed by atoms with Crippen LogP contribution in [0.15, 0.2) is 21.5 Å². The predicted molar refractivity (Wildman–Crippen MR) is 69.5 cm³/mol. The van der Waals surface area contributed by atoms with E-state index in [1.807, 2.05) is 0 Å². The molecule has 0 aromatic carbocycles. The molecule has 5 N–H and O–H groups in total. The van der Waals surface area contributed by atoms with Crippen molar-refractivity contribution in [3.63, 3.8) is 0 Å². The zero-order valence-corrected chi connectivity index (χ0v) is 10.9. The molecule has 5 atom stereocenters. The zero-order chi connectivity index (χ0) is 14.3. The third kappa shape index (κ3) is 1.95. The molecule has 3 aliphatic rings. The summed E-state index contributed by atoms with van der Waals surface area (Å²) in [6, 6.07) is 0. The van der Waals surface area contributed by atoms with Gasteiger partial charge in [0.2, 0.25) is 0 Å². The molecule has 0 saturated carbocycles. The van der Waals surface area contributed by atoms with Crippen LogP contribution in [0.5, 0.6) is 0 Å². The molecular formula is C11H17N5O4. The summed E-state index contributed by atoms with van der Waals surface area (Å²) in [7, 11) is 1.51. The van der Waals surface area contributed by atoms with Gasteiger partial charge in [-0.2, -0.15) is 0 Å². The van der Waals surface area contributed by atoms with Crippen molar-refractivity contribution < 1.29 is 19.7 Å². The van der Waals surface area contributed by atoms with E-state index < -0.39 is 30.7 Å². The normalized spacial score (nSPS) is 39.4. The fraction of sp³-hybridized carbons (Fsp3) is 0.636. The van der Waals surface area contributed by atoms with Gasteiger partial charge in [-0.05, 0) is 0 Å². The Bertz CT molecular complexity index is 479. The Morgan fingerprint density at radius 2 is 2.30 bits per heavy atom. The first kappa shape index (κ1) is 13.3. The van der Waals surface area contributed by atoms with Crippen molar-refractivity contribution in [3.8, 4) is 0 Å². The topological polar surface area (TPSA) is 125 Å². The molecule has 1 fully saturated rings. The highest BCUT2D eigenvalue weighted by Gasteiger charge is 2.48. The Labute approximate surface area is 115 Å². The first-order valence-corrected chi connectivity index (χ1v) is 6.23. The van der Waals surface area contributed by atoms with E-state index in [-0.39, 0.29) is 6.61 Å². The van der Waals surface area contributed by atoms with Crippen LogP contribution in [0.3, 0.4) is 0 Å². The van der Waals surface area contributed by atoms with Crippen molar-refractivity contribution in [1.29, 1.82) is 0 Å². The van der Waals surface area contributed by atoms with Crippen LogP contribution < -0.4 is 11.1 Å². The van der Waals surface area contributed by atoms with Crippen molar-refractivity contribution in [2.24, 2.45) is 15.7 Å². The standard InChI is InChI=1S/C11H17N5O4/c1-19-2-5-7(17)8(18)11(20-5)16-4-15-6-9(12)13-3-14-10(6)16/h3-5,7-8,10-11,17-18H,2,12H2,1H3,(H,13,14). The summed E-state index contributed by atoms with van der Waals surface area (Å²) in [5.41, 5.74) is 6.34. The summed E-state index contributed by atoms with van der Waals surface area (Å²) in [6.07, 6.45) is -0.923. The molecule has 0 spiro atoms. The maximum Gasteiger partial charge on any atom is 0.172 e. The number of hydrogen-bond acceptors (Lipinski definition) is 9. The van der Waals surface area contributed by atoms with Gasteiger partial charge in [-0.25, -0.2) is 9.98 Å². The van der Waals surface area contributed by atoms with Crippen LogP contribution in [0.4, 0.5) is 0 Å². The molecule has 1 saturated heterocycles. The average molecular weight is 283 g/mol. The number of hydrogen-bond donors (Lipinski definition) is 4. The maximum atomic E-state index is 10.1. The van der Waals surface area contributed by atoms with E-state index in [4.69, 9.17) is 15.2 Å². The second-order valence-corrected chi connectivity index (χ2v) is 4.79. The molecule has 0 aromatic heterocycles. The monoisotopic (exact) mass is 283 g/mol. The Morgan fingerprint density at radius 3 is 3.05 bits per heavy atom. The molecule has 3 aliphatic heterocycles. The van der Waals surface area contributed by atoms with E-state index in [0.717, 1.165) is 0 Å². The molecule has 0 aliphatic carbocycles. The van der Waals surface area contributed by atoms with Gasteiger partial charge in [0.1, 0.15) is 29.8 Å². The molecule has 0 aromatic rings. The van der Waals surface area contributed by atoms with E-state index in [2.05, 4.69) is 15.3 Å². The number of fused-ring (bicyclic) bond motifs is 1. The van der Waals surface area contributed by atoms with Crippen LogP contribution in [0.2, 0.25) is 0 Å². The van der Waals surface area contributed by atoms with Crippen LogP contribution in [0, 0.1) is 0 Å². The van der Waals surface area contributed by atoms with Gasteiger partial charge in [0.05, 0.1) is 19.3 Å². The van der Waals surface area contributed by atoms with Crippen LogP contribution in [0.1, 0.15) is 0 Å². The van der Waals surface area contributed by atoms with Crippen molar-refractivity contribution in [3.05, 3.63) is 11.5 Å². The van der Waals surface area contributed by atoms with E-state index in [1.54, 1.807) is 4.90 Å². The lowest BCUT2D eigenvalue weighted by molar-refractivity contribution is -0.0793. The minimum Gasteiger partial charge on any atom is -0.387 e. The lowest BCUT2D eigenvalue weighted by Gasteiger charge is -2.30. The zero-order valence-electron chi connectivity index (χ0n) is 10.9. The highest BCUT2D eigenvalue weighted by Crippen LogP contribution is 2.31. The van der Waals surface area contributed by atoms with Crippen LogP contribution in [0.25, 0.3) is 0 Å². The fourth-order valence-electron chi connectivity index (χ4n) is 2.49. The van der Waals surface area contributed by atoms with Crippen molar-refractivity contribution >= 4 is 12.7 Å². The SMILES string of the molecule is COCC1OC(N2C=NC3=C(N)NC=NC32)C(O)C1O. The Hall–Kier alpha value is -1.68. The van der Waals surface area contributed by atoms with Crippen molar-refractivity contribution in [2.75, 3.05) is 13.7 Å². The number of ether oxygens (including phenoxy) is 2. The largest absolute Gasteiger partial charge is 0.387 e. The number of nitrogens with one attached hydrogen (secondary N) is 1. The second kappa shape index (κ2) is 5.02. The summed E-state index contributed by atoms with van der Waals surface area (Å²) < 4.78 is 10.6. The van der Waals surface area contributed by atoms with Gasteiger partial charge in [0.15, 0.2) is 12.4 Å². The maximum absolute atomic E-state index is 10.1. The third-order valence-corrected chi connectivity index (χ3v) is 3.53. The number of aliphatic hydroxyl groups excluding tert-OH is 2. The summed E-state index contributed by atoms with van der Waals surface area (Å²) >= 11 is 0. The first-order chi connectivity index (χ1) is 9.63. The van der Waals surface area contributed by atoms with E-state index in [1.165, 1.54) is 19.8 Å². The lowest BCUT2D eigenvalue weighted by Crippen LogP contribution is -2.47. The van der Waals surface area contributed by atoms with Crippen LogP contribution in [-0.2, 0) is 9.47 Å². The Kier molecular flexibility index (Phi) is 3.34. The van der Waals surface area contributed by atoms with Gasteiger partial charge in [0.25, 0.3) is 0 Å². The van der Waals surface area contributed by atoms with Crippen molar-refractivity contribution in [2.45, 2.75) is 30.7 Å². The number of nitrogens with zero attached hydrogens (tertiary/aromatic N) is 3. The summed E-state index contributed by atoms with van der Waals surface area (Å²) in [4.78, 5) is 10.0. The third-order valence-electron chi connectivity index (χ3n) is 3.53. The smallest absolute Gasteiger partial charge is 0.172 e. The molecule has 0 radical (unpaired) electrons. The van der Waals surface area contributed by atoms with Gasteiger partial charge < -0.3 is 35.6 Å². The number of aliphatic hydroxyl groups is 2. The molecule has 0 bridgehead atoms. The number of methoxy groups -OCH3 is 1. The van der Waals surface area contributed by atoms with E-state index in [0.29, 0.717) is 11.5 Å². The molecule has 110 valence electrons. The molecule has 9 heteroatoms. The molecule has 20 heavy (non-hydrogen) atoms. The van der Waals surface area contributed by atoms with Gasteiger partial charge in [-0.15, -0.1) is 0 Å². The fourth-order valence-corrected chi connectivity index (χ4v) is 2.49. The molecule has 5 unspecified atom stereocenters. The minimum atomic E-state index is -1.08. The van der Waals surface area contributed by atoms with Crippen LogP contribution >= 0.6 is 0 Å². The highest BCUT2D eigenvalue weighted by molar-refractivity contribution is 5.68. The molecule has 3 heterocycles. The van der Waals surface area contributed by atoms with Crippen LogP contribution in [-0.4, -0.2) is 72.2 Å². The van der Waals surface area contributed by atoms with Gasteiger partial charge in [-0.1, -0.05) is 0 Å². The van der Waals surface area contributed by atoms with Gasteiger partial charge in [0, 0.05) is 7.11 Å². The Balaban J connectivity index is 1.79. The molecular weight excluding hydrogens is 266 g/mol. The molecule has 3 rings (SSSR count). The lowest BCUT2D eigenvalue weighted by atomic mass is 10.1. The average Bonchev–Trinajstić information content (AvgIpc) is 2.97. The number of aliphatic imine (C=N–C) groups is 2. The number of nitrogens with two attached hydrogens (primary N) is 1. The van der Waals surface area contributed by atoms with Gasteiger partial charge in [-0.3, -0.25) is 0 Å². The predicted octanol–water partition coefficient (Wildman–Crippen LogP) is -2.49.